The number of benzene rings is 1. The van der Waals surface area contributed by atoms with Crippen LogP contribution in [0.3, 0.4) is 0 Å². The molecule has 1 aliphatic rings. The van der Waals surface area contributed by atoms with E-state index in [0.717, 1.165) is 41.9 Å². The topological polar surface area (TPSA) is 50.4 Å². The van der Waals surface area contributed by atoms with Gasteiger partial charge in [0, 0.05) is 10.6 Å². The van der Waals surface area contributed by atoms with Gasteiger partial charge in [0.15, 0.2) is 5.11 Å². The quantitative estimate of drug-likeness (QED) is 0.438. The van der Waals surface area contributed by atoms with E-state index < -0.39 is 0 Å². The molecule has 0 bridgehead atoms. The third-order valence-electron chi connectivity index (χ3n) is 5.23. The van der Waals surface area contributed by atoms with E-state index in [1.54, 1.807) is 11.3 Å². The Kier molecular flexibility index (Phi) is 7.08. The molecule has 28 heavy (non-hydrogen) atoms. The Morgan fingerprint density at radius 1 is 1.21 bits per heavy atom. The van der Waals surface area contributed by atoms with Gasteiger partial charge in [0.05, 0.1) is 12.2 Å². The summed E-state index contributed by atoms with van der Waals surface area (Å²) < 4.78 is 5.32. The van der Waals surface area contributed by atoms with E-state index in [-0.39, 0.29) is 5.97 Å². The Morgan fingerprint density at radius 2 is 1.96 bits per heavy atom. The summed E-state index contributed by atoms with van der Waals surface area (Å²) in [5, 5.41) is 7.90. The number of hydrogen-bond donors (Lipinski definition) is 2. The Hall–Kier alpha value is -1.92. The lowest BCUT2D eigenvalue weighted by atomic mass is 9.95. The number of anilines is 2. The predicted octanol–water partition coefficient (Wildman–Crippen LogP) is 6.13. The second kappa shape index (κ2) is 9.52. The van der Waals surface area contributed by atoms with Crippen LogP contribution in [0.15, 0.2) is 24.3 Å². The molecule has 2 aromatic rings. The highest BCUT2D eigenvalue weighted by Gasteiger charge is 2.26. The second-order valence-electron chi connectivity index (χ2n) is 7.11. The molecule has 0 amide bonds. The fraction of sp³-hybridized carbons (Fsp3) is 0.455. The molecule has 0 radical (unpaired) electrons. The zero-order valence-electron chi connectivity index (χ0n) is 16.8. The molecule has 0 fully saturated rings. The highest BCUT2D eigenvalue weighted by molar-refractivity contribution is 7.80. The molecule has 0 aliphatic heterocycles. The van der Waals surface area contributed by atoms with Gasteiger partial charge >= 0.3 is 5.97 Å². The summed E-state index contributed by atoms with van der Waals surface area (Å²) in [5.41, 5.74) is 4.06. The second-order valence-corrected chi connectivity index (χ2v) is 8.62. The third-order valence-corrected chi connectivity index (χ3v) is 6.64. The van der Waals surface area contributed by atoms with Gasteiger partial charge < -0.3 is 15.4 Å². The monoisotopic (exact) mass is 416 g/mol. The van der Waals surface area contributed by atoms with E-state index in [1.807, 2.05) is 19.1 Å². The molecule has 150 valence electrons. The number of fused-ring (bicyclic) bond motifs is 1. The molecule has 0 spiro atoms. The minimum atomic E-state index is -0.257. The van der Waals surface area contributed by atoms with Crippen LogP contribution in [0.25, 0.3) is 0 Å². The van der Waals surface area contributed by atoms with Gasteiger partial charge in [0.2, 0.25) is 0 Å². The van der Waals surface area contributed by atoms with Crippen LogP contribution in [0.4, 0.5) is 10.7 Å². The Bertz CT molecular complexity index is 860. The van der Waals surface area contributed by atoms with Gasteiger partial charge in [0.1, 0.15) is 5.00 Å². The summed E-state index contributed by atoms with van der Waals surface area (Å²) >= 11 is 7.21. The van der Waals surface area contributed by atoms with Gasteiger partial charge in [-0.05, 0) is 74.4 Å². The summed E-state index contributed by atoms with van der Waals surface area (Å²) in [4.78, 5) is 13.9. The lowest BCUT2D eigenvalue weighted by molar-refractivity contribution is 0.0526. The Balaban J connectivity index is 1.83. The number of esters is 1. The number of ether oxygens (including phenoxy) is 1. The minimum absolute atomic E-state index is 0.257. The smallest absolute Gasteiger partial charge is 0.341 e. The van der Waals surface area contributed by atoms with Crippen molar-refractivity contribution in [3.8, 4) is 0 Å². The Labute approximate surface area is 176 Å². The molecule has 1 aliphatic carbocycles. The van der Waals surface area contributed by atoms with Crippen molar-refractivity contribution < 1.29 is 9.53 Å². The van der Waals surface area contributed by atoms with E-state index >= 15 is 0 Å². The van der Waals surface area contributed by atoms with Crippen molar-refractivity contribution >= 4 is 45.3 Å². The summed E-state index contributed by atoms with van der Waals surface area (Å²) in [6.45, 7) is 6.60. The van der Waals surface area contributed by atoms with Crippen molar-refractivity contribution in [1.29, 1.82) is 0 Å². The average molecular weight is 417 g/mol. The van der Waals surface area contributed by atoms with E-state index in [1.165, 1.54) is 16.9 Å². The summed E-state index contributed by atoms with van der Waals surface area (Å²) in [7, 11) is 0. The summed E-state index contributed by atoms with van der Waals surface area (Å²) in [5.74, 6) is 0.183. The van der Waals surface area contributed by atoms with Gasteiger partial charge in [-0.15, -0.1) is 11.3 Å². The molecule has 1 unspecified atom stereocenters. The number of nitrogens with one attached hydrogen (secondary N) is 2. The molecule has 3 rings (SSSR count). The van der Waals surface area contributed by atoms with Crippen molar-refractivity contribution in [2.45, 2.75) is 58.8 Å². The van der Waals surface area contributed by atoms with Crippen LogP contribution in [-0.4, -0.2) is 17.7 Å². The third kappa shape index (κ3) is 4.55. The number of carbonyl (C=O) groups is 1. The van der Waals surface area contributed by atoms with Crippen LogP contribution in [-0.2, 0) is 17.6 Å². The van der Waals surface area contributed by atoms with Crippen molar-refractivity contribution in [2.24, 2.45) is 0 Å². The van der Waals surface area contributed by atoms with Crippen LogP contribution in [0.1, 0.15) is 72.3 Å². The van der Waals surface area contributed by atoms with Crippen molar-refractivity contribution in [2.75, 3.05) is 17.2 Å². The minimum Gasteiger partial charge on any atom is -0.462 e. The van der Waals surface area contributed by atoms with Crippen molar-refractivity contribution in [3.63, 3.8) is 0 Å². The van der Waals surface area contributed by atoms with Gasteiger partial charge in [-0.2, -0.15) is 0 Å². The maximum absolute atomic E-state index is 12.6. The lowest BCUT2D eigenvalue weighted by Gasteiger charge is -2.17. The molecule has 1 heterocycles. The summed E-state index contributed by atoms with van der Waals surface area (Å²) in [6, 6.07) is 8.23. The van der Waals surface area contributed by atoms with E-state index in [4.69, 9.17) is 17.0 Å². The molecular formula is C22H28N2O2S2. The van der Waals surface area contributed by atoms with Crippen LogP contribution >= 0.6 is 23.6 Å². The number of hydrogen-bond acceptors (Lipinski definition) is 4. The first-order valence-corrected chi connectivity index (χ1v) is 11.3. The van der Waals surface area contributed by atoms with E-state index in [2.05, 4.69) is 36.6 Å². The molecule has 6 heteroatoms. The molecule has 0 saturated heterocycles. The number of rotatable bonds is 6. The number of carbonyl (C=O) groups excluding carboxylic acids is 1. The molecule has 4 nitrogen and oxygen atoms in total. The van der Waals surface area contributed by atoms with Crippen LogP contribution in [0.5, 0.6) is 0 Å². The van der Waals surface area contributed by atoms with E-state index in [0.29, 0.717) is 23.2 Å². The first-order valence-electron chi connectivity index (χ1n) is 10.0. The SMILES string of the molecule is CCOC(=O)c1c(NC(=S)Nc2ccccc2C(C)CC)sc2c1CCCC2. The first kappa shape index (κ1) is 20.8. The predicted molar refractivity (Wildman–Crippen MR) is 122 cm³/mol. The molecule has 1 aromatic carbocycles. The molecule has 0 saturated carbocycles. The standard InChI is InChI=1S/C22H28N2O2S2/c1-4-14(3)15-10-6-8-12-17(15)23-22(27)24-20-19(21(25)26-5-2)16-11-7-9-13-18(16)28-20/h6,8,10,12,14H,4-5,7,9,11,13H2,1-3H3,(H2,23,24,27). The lowest BCUT2D eigenvalue weighted by Crippen LogP contribution is -2.21. The molecule has 1 atom stereocenters. The van der Waals surface area contributed by atoms with Crippen LogP contribution < -0.4 is 10.6 Å². The molecule has 1 aromatic heterocycles. The maximum atomic E-state index is 12.6. The fourth-order valence-electron chi connectivity index (χ4n) is 3.59. The molecular weight excluding hydrogens is 388 g/mol. The van der Waals surface area contributed by atoms with Gasteiger partial charge in [-0.25, -0.2) is 4.79 Å². The number of thiocarbonyl (C=S) groups is 1. The van der Waals surface area contributed by atoms with Gasteiger partial charge in [-0.3, -0.25) is 0 Å². The average Bonchev–Trinajstić information content (AvgIpc) is 3.05. The van der Waals surface area contributed by atoms with Crippen molar-refractivity contribution in [1.82, 2.24) is 0 Å². The molecule has 2 N–H and O–H groups in total. The normalized spacial score (nSPS) is 14.1. The van der Waals surface area contributed by atoms with Gasteiger partial charge in [0.25, 0.3) is 0 Å². The zero-order chi connectivity index (χ0) is 20.1. The maximum Gasteiger partial charge on any atom is 0.341 e. The highest BCUT2D eigenvalue weighted by atomic mass is 32.1. The summed E-state index contributed by atoms with van der Waals surface area (Å²) in [6.07, 6.45) is 5.29. The van der Waals surface area contributed by atoms with Crippen LogP contribution in [0.2, 0.25) is 0 Å². The van der Waals surface area contributed by atoms with Crippen molar-refractivity contribution in [3.05, 3.63) is 45.8 Å². The largest absolute Gasteiger partial charge is 0.462 e. The Morgan fingerprint density at radius 3 is 2.71 bits per heavy atom. The van der Waals surface area contributed by atoms with Crippen LogP contribution in [0, 0.1) is 0 Å². The zero-order valence-corrected chi connectivity index (χ0v) is 18.4. The number of aryl methyl sites for hydroxylation is 1. The van der Waals surface area contributed by atoms with Gasteiger partial charge in [-0.1, -0.05) is 32.0 Å². The highest BCUT2D eigenvalue weighted by Crippen LogP contribution is 2.38. The fourth-order valence-corrected chi connectivity index (χ4v) is 5.15. The van der Waals surface area contributed by atoms with E-state index in [9.17, 15) is 4.79 Å². The number of para-hydroxylation sites is 1. The first-order chi connectivity index (χ1) is 13.5. The number of thiophene rings is 1.